The zero-order valence-corrected chi connectivity index (χ0v) is 11.3. The number of aromatic nitrogens is 2. The van der Waals surface area contributed by atoms with Crippen LogP contribution in [0.5, 0.6) is 0 Å². The Morgan fingerprint density at radius 1 is 1.44 bits per heavy atom. The van der Waals surface area contributed by atoms with Gasteiger partial charge in [-0.1, -0.05) is 18.0 Å². The van der Waals surface area contributed by atoms with Crippen molar-refractivity contribution in [2.24, 2.45) is 11.7 Å². The second-order valence-corrected chi connectivity index (χ2v) is 5.27. The van der Waals surface area contributed by atoms with Gasteiger partial charge in [0.2, 0.25) is 5.89 Å². The van der Waals surface area contributed by atoms with Crippen LogP contribution in [0.3, 0.4) is 0 Å². The van der Waals surface area contributed by atoms with Gasteiger partial charge in [-0.2, -0.15) is 4.98 Å². The van der Waals surface area contributed by atoms with Crippen molar-refractivity contribution in [3.05, 3.63) is 11.7 Å². The zero-order chi connectivity index (χ0) is 13.0. The average Bonchev–Trinajstić information content (AvgIpc) is 2.79. The normalized spacial score (nSPS) is 26.2. The van der Waals surface area contributed by atoms with Crippen LogP contribution in [0.2, 0.25) is 0 Å². The van der Waals surface area contributed by atoms with E-state index in [0.717, 1.165) is 24.6 Å². The molecule has 3 unspecified atom stereocenters. The number of ether oxygens (including phenoxy) is 1. The molecule has 1 aliphatic carbocycles. The molecule has 18 heavy (non-hydrogen) atoms. The zero-order valence-electron chi connectivity index (χ0n) is 11.3. The molecular weight excluding hydrogens is 230 g/mol. The third-order valence-electron chi connectivity index (χ3n) is 3.79. The molecule has 1 aliphatic rings. The van der Waals surface area contributed by atoms with E-state index >= 15 is 0 Å². The van der Waals surface area contributed by atoms with Crippen LogP contribution in [0.25, 0.3) is 0 Å². The molecule has 0 bridgehead atoms. The van der Waals surface area contributed by atoms with Gasteiger partial charge in [0.15, 0.2) is 5.82 Å². The van der Waals surface area contributed by atoms with Gasteiger partial charge in [-0.15, -0.1) is 0 Å². The highest BCUT2D eigenvalue weighted by Gasteiger charge is 2.24. The Bertz CT molecular complexity index is 367. The summed E-state index contributed by atoms with van der Waals surface area (Å²) in [5.74, 6) is 1.94. The van der Waals surface area contributed by atoms with Gasteiger partial charge in [0.1, 0.15) is 0 Å². The van der Waals surface area contributed by atoms with E-state index in [2.05, 4.69) is 10.1 Å². The molecule has 1 aromatic rings. The molecule has 1 fully saturated rings. The van der Waals surface area contributed by atoms with Gasteiger partial charge in [-0.05, 0) is 25.7 Å². The third-order valence-corrected chi connectivity index (χ3v) is 3.79. The van der Waals surface area contributed by atoms with Crippen molar-refractivity contribution in [3.63, 3.8) is 0 Å². The van der Waals surface area contributed by atoms with Gasteiger partial charge < -0.3 is 15.0 Å². The maximum Gasteiger partial charge on any atom is 0.226 e. The topological polar surface area (TPSA) is 74.2 Å². The lowest BCUT2D eigenvalue weighted by molar-refractivity contribution is 0.116. The molecule has 1 aromatic heterocycles. The maximum atomic E-state index is 6.13. The molecule has 0 amide bonds. The summed E-state index contributed by atoms with van der Waals surface area (Å²) in [7, 11) is 1.69. The highest BCUT2D eigenvalue weighted by atomic mass is 16.5. The predicted molar refractivity (Wildman–Crippen MR) is 68.1 cm³/mol. The Morgan fingerprint density at radius 2 is 2.22 bits per heavy atom. The van der Waals surface area contributed by atoms with E-state index in [9.17, 15) is 0 Å². The molecule has 5 heteroatoms. The number of hydrogen-bond donors (Lipinski definition) is 1. The van der Waals surface area contributed by atoms with E-state index < -0.39 is 0 Å². The van der Waals surface area contributed by atoms with Gasteiger partial charge in [0.25, 0.3) is 0 Å². The minimum Gasteiger partial charge on any atom is -0.381 e. The third kappa shape index (κ3) is 3.53. The fourth-order valence-corrected chi connectivity index (χ4v) is 2.51. The van der Waals surface area contributed by atoms with Crippen molar-refractivity contribution in [2.75, 3.05) is 7.11 Å². The fourth-order valence-electron chi connectivity index (χ4n) is 2.51. The first kappa shape index (κ1) is 13.5. The first-order valence-electron chi connectivity index (χ1n) is 6.79. The first-order valence-corrected chi connectivity index (χ1v) is 6.79. The summed E-state index contributed by atoms with van der Waals surface area (Å²) in [6.07, 6.45) is 6.43. The van der Waals surface area contributed by atoms with Crippen molar-refractivity contribution >= 4 is 0 Å². The van der Waals surface area contributed by atoms with Crippen molar-refractivity contribution in [1.29, 1.82) is 0 Å². The molecule has 0 spiro atoms. The van der Waals surface area contributed by atoms with Crippen molar-refractivity contribution in [1.82, 2.24) is 10.1 Å². The second-order valence-electron chi connectivity index (χ2n) is 5.27. The van der Waals surface area contributed by atoms with E-state index in [1.165, 1.54) is 19.3 Å². The van der Waals surface area contributed by atoms with Crippen LogP contribution in [-0.4, -0.2) is 29.4 Å². The van der Waals surface area contributed by atoms with Crippen LogP contribution in [0.15, 0.2) is 4.52 Å². The number of rotatable bonds is 5. The van der Waals surface area contributed by atoms with Crippen molar-refractivity contribution in [2.45, 2.75) is 57.6 Å². The van der Waals surface area contributed by atoms with Gasteiger partial charge >= 0.3 is 0 Å². The minimum atomic E-state index is 0.118. The Balaban J connectivity index is 1.89. The summed E-state index contributed by atoms with van der Waals surface area (Å²) in [4.78, 5) is 4.41. The quantitative estimate of drug-likeness (QED) is 0.864. The van der Waals surface area contributed by atoms with Crippen molar-refractivity contribution in [3.8, 4) is 0 Å². The lowest BCUT2D eigenvalue weighted by Crippen LogP contribution is -2.34. The SMILES string of the molecule is COC(C)Cc1noc(CC2CCCCC2N)n1. The molecule has 102 valence electrons. The molecule has 2 N–H and O–H groups in total. The number of nitrogens with zero attached hydrogens (tertiary/aromatic N) is 2. The Labute approximate surface area is 108 Å². The highest BCUT2D eigenvalue weighted by molar-refractivity contribution is 4.92. The molecule has 1 saturated carbocycles. The van der Waals surface area contributed by atoms with Crippen LogP contribution >= 0.6 is 0 Å². The molecule has 5 nitrogen and oxygen atoms in total. The second kappa shape index (κ2) is 6.29. The van der Waals surface area contributed by atoms with Crippen LogP contribution in [-0.2, 0) is 17.6 Å². The molecule has 0 aliphatic heterocycles. The molecule has 1 heterocycles. The van der Waals surface area contributed by atoms with Crippen LogP contribution in [0.4, 0.5) is 0 Å². The first-order chi connectivity index (χ1) is 8.69. The summed E-state index contributed by atoms with van der Waals surface area (Å²) in [6, 6.07) is 0.284. The molecular formula is C13H23N3O2. The molecule has 2 rings (SSSR count). The summed E-state index contributed by atoms with van der Waals surface area (Å²) in [6.45, 7) is 1.99. The number of nitrogens with two attached hydrogens (primary N) is 1. The molecule has 0 radical (unpaired) electrons. The van der Waals surface area contributed by atoms with Crippen LogP contribution in [0.1, 0.15) is 44.3 Å². The highest BCUT2D eigenvalue weighted by Crippen LogP contribution is 2.25. The van der Waals surface area contributed by atoms with Gasteiger partial charge in [0.05, 0.1) is 6.10 Å². The molecule has 3 atom stereocenters. The van der Waals surface area contributed by atoms with Gasteiger partial charge in [-0.3, -0.25) is 0 Å². The predicted octanol–water partition coefficient (Wildman–Crippen LogP) is 1.71. The van der Waals surface area contributed by atoms with E-state index in [4.69, 9.17) is 15.0 Å². The van der Waals surface area contributed by atoms with Gasteiger partial charge in [-0.25, -0.2) is 0 Å². The maximum absolute atomic E-state index is 6.13. The lowest BCUT2D eigenvalue weighted by atomic mass is 9.83. The fraction of sp³-hybridized carbons (Fsp3) is 0.846. The smallest absolute Gasteiger partial charge is 0.226 e. The van der Waals surface area contributed by atoms with Crippen LogP contribution in [0, 0.1) is 5.92 Å². The summed E-state index contributed by atoms with van der Waals surface area (Å²) in [5, 5.41) is 3.99. The Hall–Kier alpha value is -0.940. The summed E-state index contributed by atoms with van der Waals surface area (Å²) in [5.41, 5.74) is 6.13. The van der Waals surface area contributed by atoms with Crippen molar-refractivity contribution < 1.29 is 9.26 Å². The largest absolute Gasteiger partial charge is 0.381 e. The summed E-state index contributed by atoms with van der Waals surface area (Å²) < 4.78 is 10.5. The molecule has 0 aromatic carbocycles. The Kier molecular flexibility index (Phi) is 4.72. The number of hydrogen-bond acceptors (Lipinski definition) is 5. The Morgan fingerprint density at radius 3 is 2.94 bits per heavy atom. The van der Waals surface area contributed by atoms with Gasteiger partial charge in [0, 0.05) is 26.0 Å². The summed E-state index contributed by atoms with van der Waals surface area (Å²) >= 11 is 0. The van der Waals surface area contributed by atoms with E-state index in [1.54, 1.807) is 7.11 Å². The lowest BCUT2D eigenvalue weighted by Gasteiger charge is -2.27. The standard InChI is InChI=1S/C13H23N3O2/c1-9(17-2)7-12-15-13(18-16-12)8-10-5-3-4-6-11(10)14/h9-11H,3-8,14H2,1-2H3. The minimum absolute atomic E-state index is 0.118. The van der Waals surface area contributed by atoms with Crippen LogP contribution < -0.4 is 5.73 Å². The van der Waals surface area contributed by atoms with E-state index in [0.29, 0.717) is 12.3 Å². The monoisotopic (exact) mass is 253 g/mol. The number of methoxy groups -OCH3 is 1. The van der Waals surface area contributed by atoms with E-state index in [-0.39, 0.29) is 12.1 Å². The van der Waals surface area contributed by atoms with E-state index in [1.807, 2.05) is 6.92 Å². The average molecular weight is 253 g/mol. The molecule has 0 saturated heterocycles.